The molecule has 0 aliphatic rings. The van der Waals surface area contributed by atoms with E-state index in [1.807, 2.05) is 0 Å². The first-order valence-electron chi connectivity index (χ1n) is 0.488. The minimum absolute atomic E-state index is 0. The van der Waals surface area contributed by atoms with Crippen molar-refractivity contribution in [1.82, 2.24) is 0 Å². The quantitative estimate of drug-likeness (QED) is 0.190. The molecule has 5 heavy (non-hydrogen) atoms. The second-order valence-corrected chi connectivity index (χ2v) is 0.582. The molecule has 0 rings (SSSR count). The first-order chi connectivity index (χ1) is 1.73. The van der Waals surface area contributed by atoms with Crippen LogP contribution < -0.4 is 29.6 Å². The molecule has 0 radical (unpaired) electrons. The Labute approximate surface area is 52.9 Å². The van der Waals surface area contributed by atoms with Crippen LogP contribution in [0, 0.1) is 0 Å². The van der Waals surface area contributed by atoms with Gasteiger partial charge in [-0.1, -0.05) is 0 Å². The maximum Gasteiger partial charge on any atom is 1.00 e. The maximum absolute atomic E-state index is 9.92. The van der Waals surface area contributed by atoms with Crippen LogP contribution in [0.2, 0.25) is 0 Å². The molecule has 2 nitrogen and oxygen atoms in total. The standard InChI is InChI=1S/FO2S.Na/c1-4(2)3;/q-1;+1. The molecule has 0 aliphatic heterocycles. The van der Waals surface area contributed by atoms with E-state index in [-0.39, 0.29) is 29.6 Å². The molecule has 0 aromatic heterocycles. The molecule has 0 amide bonds. The van der Waals surface area contributed by atoms with Gasteiger partial charge >= 0.3 is 29.6 Å². The Balaban J connectivity index is 0. The summed E-state index contributed by atoms with van der Waals surface area (Å²) >= 11 is -3.36. The van der Waals surface area contributed by atoms with Crippen molar-refractivity contribution >= 4 is 11.1 Å². The monoisotopic (exact) mass is 106 g/mol. The molecule has 0 N–H and O–H groups in total. The fourth-order valence-corrected chi connectivity index (χ4v) is 0. The number of hydrogen-bond acceptors (Lipinski definition) is 3. The summed E-state index contributed by atoms with van der Waals surface area (Å²) in [4.78, 5) is 0. The minimum Gasteiger partial charge on any atom is -0.392 e. The second kappa shape index (κ2) is 4.88. The Morgan fingerprint density at radius 1 is 1.40 bits per heavy atom. The van der Waals surface area contributed by atoms with Crippen molar-refractivity contribution in [1.29, 1.82) is 0 Å². The van der Waals surface area contributed by atoms with Crippen LogP contribution in [0.15, 0.2) is 0 Å². The third-order valence-corrected chi connectivity index (χ3v) is 0. The third kappa shape index (κ3) is 52.3. The number of rotatable bonds is 0. The third-order valence-electron chi connectivity index (χ3n) is 0. The predicted octanol–water partition coefficient (Wildman–Crippen LogP) is -2.82. The van der Waals surface area contributed by atoms with E-state index in [4.69, 9.17) is 8.42 Å². The van der Waals surface area contributed by atoms with Crippen molar-refractivity contribution in [3.8, 4) is 0 Å². The molecule has 0 spiro atoms. The second-order valence-electron chi connectivity index (χ2n) is 0.194. The van der Waals surface area contributed by atoms with Gasteiger partial charge < -0.3 is 12.3 Å². The summed E-state index contributed by atoms with van der Waals surface area (Å²) in [5.41, 5.74) is 0. The molecule has 0 aromatic rings. The van der Waals surface area contributed by atoms with Gasteiger partial charge in [0, 0.05) is 0 Å². The van der Waals surface area contributed by atoms with Gasteiger partial charge in [0.05, 0.1) is 11.1 Å². The Bertz CT molecular complexity index is 58.0. The van der Waals surface area contributed by atoms with Crippen LogP contribution in [0.5, 0.6) is 0 Å². The van der Waals surface area contributed by atoms with Crippen LogP contribution in [-0.4, -0.2) is 0 Å². The van der Waals surface area contributed by atoms with Crippen LogP contribution in [0.3, 0.4) is 0 Å². The van der Waals surface area contributed by atoms with Crippen molar-refractivity contribution in [2.24, 2.45) is 0 Å². The molecule has 0 heterocycles. The summed E-state index contributed by atoms with van der Waals surface area (Å²) in [6, 6.07) is 0. The molecule has 0 atom stereocenters. The van der Waals surface area contributed by atoms with Gasteiger partial charge in [0.1, 0.15) is 0 Å². The van der Waals surface area contributed by atoms with Gasteiger partial charge in [0.2, 0.25) is 0 Å². The first-order valence-corrected chi connectivity index (χ1v) is 1.46. The molecule has 26 valence electrons. The molecule has 0 aliphatic carbocycles. The van der Waals surface area contributed by atoms with E-state index in [9.17, 15) is 3.89 Å². The fourth-order valence-electron chi connectivity index (χ4n) is 0. The first kappa shape index (κ1) is 9.30. The van der Waals surface area contributed by atoms with E-state index < -0.39 is 11.1 Å². The summed E-state index contributed by atoms with van der Waals surface area (Å²) in [5.74, 6) is 0. The largest absolute Gasteiger partial charge is 1.00 e. The molecule has 0 unspecified atom stereocenters. The van der Waals surface area contributed by atoms with Gasteiger partial charge in [0.25, 0.3) is 0 Å². The van der Waals surface area contributed by atoms with E-state index in [1.54, 1.807) is 0 Å². The average Bonchev–Trinajstić information content (AvgIpc) is 0.811. The van der Waals surface area contributed by atoms with Crippen LogP contribution >= 0.6 is 0 Å². The predicted molar refractivity (Wildman–Crippen MR) is 9.85 cm³/mol. The van der Waals surface area contributed by atoms with E-state index in [1.165, 1.54) is 0 Å². The van der Waals surface area contributed by atoms with E-state index >= 15 is 0 Å². The number of hydrogen-bond donors (Lipinski definition) is 0. The summed E-state index contributed by atoms with van der Waals surface area (Å²) in [6.07, 6.45) is 0. The molecule has 0 aromatic carbocycles. The van der Waals surface area contributed by atoms with Crippen molar-refractivity contribution in [2.45, 2.75) is 0 Å². The van der Waals surface area contributed by atoms with Gasteiger partial charge in [-0.3, -0.25) is 0 Å². The topological polar surface area (TPSA) is 34.1 Å². The normalized spacial score (nSPS) is 6.80. The van der Waals surface area contributed by atoms with Gasteiger partial charge in [-0.2, -0.15) is 0 Å². The minimum atomic E-state index is -3.36. The van der Waals surface area contributed by atoms with E-state index in [0.29, 0.717) is 0 Å². The smallest absolute Gasteiger partial charge is 0.392 e. The zero-order valence-electron chi connectivity index (χ0n) is 2.60. The molecular weight excluding hydrogens is 106 g/mol. The van der Waals surface area contributed by atoms with Gasteiger partial charge in [-0.25, -0.2) is 0 Å². The van der Waals surface area contributed by atoms with Crippen LogP contribution in [-0.2, 0) is 19.5 Å². The molecule has 0 saturated carbocycles. The van der Waals surface area contributed by atoms with E-state index in [0.717, 1.165) is 0 Å². The molecule has 0 bridgehead atoms. The SMILES string of the molecule is O=[S-](=O)F.[Na+]. The van der Waals surface area contributed by atoms with Gasteiger partial charge in [-0.15, -0.1) is 0 Å². The van der Waals surface area contributed by atoms with Crippen molar-refractivity contribution < 1.29 is 41.9 Å². The molecule has 0 fully saturated rings. The Kier molecular flexibility index (Phi) is 9.08. The summed E-state index contributed by atoms with van der Waals surface area (Å²) in [5, 5.41) is 0. The Morgan fingerprint density at radius 2 is 1.40 bits per heavy atom. The Hall–Kier alpha value is 0.880. The van der Waals surface area contributed by atoms with E-state index in [2.05, 4.69) is 0 Å². The van der Waals surface area contributed by atoms with Gasteiger partial charge in [0.15, 0.2) is 0 Å². The zero-order valence-corrected chi connectivity index (χ0v) is 5.42. The summed E-state index contributed by atoms with van der Waals surface area (Å²) in [7, 11) is 0. The van der Waals surface area contributed by atoms with Crippen LogP contribution in [0.4, 0.5) is 3.89 Å². The van der Waals surface area contributed by atoms with Crippen LogP contribution in [0.25, 0.3) is 0 Å². The molecular formula is FNaO2S. The van der Waals surface area contributed by atoms with Crippen LogP contribution in [0.1, 0.15) is 0 Å². The van der Waals surface area contributed by atoms with Gasteiger partial charge in [-0.05, 0) is 0 Å². The Morgan fingerprint density at radius 3 is 1.40 bits per heavy atom. The fraction of sp³-hybridized carbons (Fsp3) is 0. The molecule has 0 saturated heterocycles. The maximum atomic E-state index is 9.92. The van der Waals surface area contributed by atoms with Crippen molar-refractivity contribution in [3.05, 3.63) is 0 Å². The molecule has 5 heteroatoms. The summed E-state index contributed by atoms with van der Waals surface area (Å²) in [6.45, 7) is 0. The zero-order chi connectivity index (χ0) is 3.58. The number of halogens is 1. The summed E-state index contributed by atoms with van der Waals surface area (Å²) < 4.78 is 26.6. The van der Waals surface area contributed by atoms with Crippen molar-refractivity contribution in [2.75, 3.05) is 0 Å². The van der Waals surface area contributed by atoms with Crippen molar-refractivity contribution in [3.63, 3.8) is 0 Å². The average molecular weight is 106 g/mol.